The first-order chi connectivity index (χ1) is 11.5. The fourth-order valence-corrected chi connectivity index (χ4v) is 2.39. The van der Waals surface area contributed by atoms with Gasteiger partial charge in [-0.2, -0.15) is 0 Å². The van der Waals surface area contributed by atoms with Gasteiger partial charge < -0.3 is 15.4 Å². The van der Waals surface area contributed by atoms with E-state index >= 15 is 0 Å². The Morgan fingerprint density at radius 2 is 1.83 bits per heavy atom. The molecule has 0 aliphatic carbocycles. The Hall–Kier alpha value is -2.37. The van der Waals surface area contributed by atoms with Crippen molar-refractivity contribution in [2.45, 2.75) is 13.0 Å². The molecule has 0 heterocycles. The Morgan fingerprint density at radius 3 is 2.50 bits per heavy atom. The molecule has 0 aliphatic heterocycles. The second-order valence-corrected chi connectivity index (χ2v) is 5.80. The van der Waals surface area contributed by atoms with E-state index in [-0.39, 0.29) is 18.5 Å². The first-order valence-electron chi connectivity index (χ1n) is 7.57. The number of halogens is 1. The maximum atomic E-state index is 12.1. The van der Waals surface area contributed by atoms with E-state index in [1.54, 1.807) is 24.3 Å². The molecule has 0 bridgehead atoms. The third kappa shape index (κ3) is 4.81. The summed E-state index contributed by atoms with van der Waals surface area (Å²) in [6.45, 7) is 2.25. The van der Waals surface area contributed by atoms with Crippen LogP contribution < -0.4 is 10.6 Å². The summed E-state index contributed by atoms with van der Waals surface area (Å²) in [5, 5.41) is 5.35. The standard InChI is InChI=1S/C18H19ClN2O3/c1-12(13-7-9-14(19)10-8-13)20-11-17(22)21-16-6-4-3-5-15(16)18(23)24-2/h3-10,12,20H,11H2,1-2H3,(H,21,22)/p+1/t12-/m1/s1. The van der Waals surface area contributed by atoms with Gasteiger partial charge in [-0.1, -0.05) is 35.9 Å². The molecule has 5 nitrogen and oxygen atoms in total. The number of quaternary nitrogens is 1. The Labute approximate surface area is 146 Å². The minimum absolute atomic E-state index is 0.115. The molecule has 0 spiro atoms. The van der Waals surface area contributed by atoms with Gasteiger partial charge in [0.2, 0.25) is 0 Å². The molecule has 6 heteroatoms. The van der Waals surface area contributed by atoms with Crippen LogP contribution >= 0.6 is 11.6 Å². The number of amides is 1. The highest BCUT2D eigenvalue weighted by Gasteiger charge is 2.15. The highest BCUT2D eigenvalue weighted by molar-refractivity contribution is 6.30. The van der Waals surface area contributed by atoms with Gasteiger partial charge in [-0.15, -0.1) is 0 Å². The lowest BCUT2D eigenvalue weighted by Gasteiger charge is -2.12. The molecule has 0 saturated heterocycles. The van der Waals surface area contributed by atoms with E-state index in [4.69, 9.17) is 16.3 Å². The molecule has 0 radical (unpaired) electrons. The predicted octanol–water partition coefficient (Wildman–Crippen LogP) is 2.39. The third-order valence-corrected chi connectivity index (χ3v) is 3.91. The molecule has 3 N–H and O–H groups in total. The van der Waals surface area contributed by atoms with Crippen LogP contribution in [0.15, 0.2) is 48.5 Å². The molecule has 0 aromatic heterocycles. The van der Waals surface area contributed by atoms with Gasteiger partial charge in [0.05, 0.1) is 18.4 Å². The number of esters is 1. The number of methoxy groups -OCH3 is 1. The lowest BCUT2D eigenvalue weighted by molar-refractivity contribution is -0.682. The molecule has 0 aliphatic rings. The number of rotatable bonds is 6. The number of carbonyl (C=O) groups excluding carboxylic acids is 2. The van der Waals surface area contributed by atoms with Crippen LogP contribution in [0, 0.1) is 0 Å². The maximum absolute atomic E-state index is 12.1. The lowest BCUT2D eigenvalue weighted by Crippen LogP contribution is -2.86. The SMILES string of the molecule is COC(=O)c1ccccc1NC(=O)C[NH2+][C@H](C)c1ccc(Cl)cc1. The van der Waals surface area contributed by atoms with Crippen molar-refractivity contribution in [1.82, 2.24) is 0 Å². The molecular weight excluding hydrogens is 328 g/mol. The smallest absolute Gasteiger partial charge is 0.339 e. The molecule has 0 fully saturated rings. The normalized spacial score (nSPS) is 11.6. The molecule has 1 amide bonds. The monoisotopic (exact) mass is 347 g/mol. The highest BCUT2D eigenvalue weighted by atomic mass is 35.5. The van der Waals surface area contributed by atoms with Gasteiger partial charge in [0, 0.05) is 10.6 Å². The van der Waals surface area contributed by atoms with Crippen molar-refractivity contribution in [3.8, 4) is 0 Å². The Morgan fingerprint density at radius 1 is 1.17 bits per heavy atom. The second-order valence-electron chi connectivity index (χ2n) is 5.37. The molecular formula is C18H20ClN2O3+. The van der Waals surface area contributed by atoms with Crippen molar-refractivity contribution in [2.75, 3.05) is 19.0 Å². The zero-order valence-electron chi connectivity index (χ0n) is 13.6. The zero-order chi connectivity index (χ0) is 17.5. The van der Waals surface area contributed by atoms with Crippen LogP contribution in [-0.2, 0) is 9.53 Å². The summed E-state index contributed by atoms with van der Waals surface area (Å²) in [5.41, 5.74) is 1.86. The van der Waals surface area contributed by atoms with Crippen LogP contribution in [0.1, 0.15) is 28.9 Å². The predicted molar refractivity (Wildman–Crippen MR) is 93.1 cm³/mol. The number of nitrogens with two attached hydrogens (primary N) is 1. The van der Waals surface area contributed by atoms with E-state index < -0.39 is 5.97 Å². The Bertz CT molecular complexity index is 716. The summed E-state index contributed by atoms with van der Waals surface area (Å²) in [4.78, 5) is 23.9. The van der Waals surface area contributed by atoms with Crippen LogP contribution in [0.4, 0.5) is 5.69 Å². The molecule has 126 valence electrons. The Balaban J connectivity index is 1.94. The molecule has 2 aromatic carbocycles. The second kappa shape index (κ2) is 8.47. The van der Waals surface area contributed by atoms with Crippen molar-refractivity contribution < 1.29 is 19.6 Å². The molecule has 24 heavy (non-hydrogen) atoms. The summed E-state index contributed by atoms with van der Waals surface area (Å²) in [6, 6.07) is 14.4. The van der Waals surface area contributed by atoms with Gasteiger partial charge in [-0.25, -0.2) is 4.79 Å². The third-order valence-electron chi connectivity index (χ3n) is 3.66. The number of para-hydroxylation sites is 1. The average Bonchev–Trinajstić information content (AvgIpc) is 2.60. The van der Waals surface area contributed by atoms with Crippen molar-refractivity contribution in [2.24, 2.45) is 0 Å². The summed E-state index contributed by atoms with van der Waals surface area (Å²) in [7, 11) is 1.31. The van der Waals surface area contributed by atoms with Gasteiger partial charge in [-0.05, 0) is 31.2 Å². The van der Waals surface area contributed by atoms with E-state index in [0.717, 1.165) is 5.56 Å². The molecule has 2 rings (SSSR count). The average molecular weight is 348 g/mol. The number of anilines is 1. The van der Waals surface area contributed by atoms with Crippen molar-refractivity contribution in [3.05, 3.63) is 64.7 Å². The van der Waals surface area contributed by atoms with Crippen molar-refractivity contribution >= 4 is 29.2 Å². The number of carbonyl (C=O) groups is 2. The minimum Gasteiger partial charge on any atom is -0.465 e. The van der Waals surface area contributed by atoms with E-state index in [2.05, 4.69) is 5.32 Å². The van der Waals surface area contributed by atoms with Crippen molar-refractivity contribution in [3.63, 3.8) is 0 Å². The topological polar surface area (TPSA) is 72.0 Å². The van der Waals surface area contributed by atoms with Crippen molar-refractivity contribution in [1.29, 1.82) is 0 Å². The van der Waals surface area contributed by atoms with E-state index in [0.29, 0.717) is 16.3 Å². The van der Waals surface area contributed by atoms with Crippen LogP contribution in [0.25, 0.3) is 0 Å². The largest absolute Gasteiger partial charge is 0.465 e. The first-order valence-corrected chi connectivity index (χ1v) is 7.95. The fraction of sp³-hybridized carbons (Fsp3) is 0.222. The van der Waals surface area contributed by atoms with Crippen LogP contribution in [0.2, 0.25) is 5.02 Å². The first kappa shape index (κ1) is 18.0. The van der Waals surface area contributed by atoms with Gasteiger partial charge in [0.25, 0.3) is 5.91 Å². The van der Waals surface area contributed by atoms with Crippen LogP contribution in [-0.4, -0.2) is 25.5 Å². The molecule has 1 atom stereocenters. The number of hydrogen-bond donors (Lipinski definition) is 2. The number of benzene rings is 2. The highest BCUT2D eigenvalue weighted by Crippen LogP contribution is 2.16. The van der Waals surface area contributed by atoms with Crippen LogP contribution in [0.3, 0.4) is 0 Å². The molecule has 0 unspecified atom stereocenters. The Kier molecular flexibility index (Phi) is 6.35. The number of hydrogen-bond acceptors (Lipinski definition) is 3. The minimum atomic E-state index is -0.482. The fourth-order valence-electron chi connectivity index (χ4n) is 2.27. The van der Waals surface area contributed by atoms with Gasteiger partial charge in [0.15, 0.2) is 6.54 Å². The molecule has 0 saturated carbocycles. The number of nitrogens with one attached hydrogen (secondary N) is 1. The summed E-state index contributed by atoms with van der Waals surface area (Å²) >= 11 is 5.87. The summed E-state index contributed by atoms with van der Waals surface area (Å²) in [6.07, 6.45) is 0. The summed E-state index contributed by atoms with van der Waals surface area (Å²) in [5.74, 6) is -0.670. The lowest BCUT2D eigenvalue weighted by atomic mass is 10.1. The van der Waals surface area contributed by atoms with Gasteiger partial charge in [0.1, 0.15) is 6.04 Å². The van der Waals surface area contributed by atoms with E-state index in [9.17, 15) is 9.59 Å². The van der Waals surface area contributed by atoms with Gasteiger partial charge in [-0.3, -0.25) is 4.79 Å². The van der Waals surface area contributed by atoms with E-state index in [1.807, 2.05) is 36.5 Å². The quantitative estimate of drug-likeness (QED) is 0.788. The molecule has 2 aromatic rings. The maximum Gasteiger partial charge on any atom is 0.339 e. The zero-order valence-corrected chi connectivity index (χ0v) is 14.3. The number of ether oxygens (including phenoxy) is 1. The van der Waals surface area contributed by atoms with E-state index in [1.165, 1.54) is 7.11 Å². The summed E-state index contributed by atoms with van der Waals surface area (Å²) < 4.78 is 4.72. The van der Waals surface area contributed by atoms with Crippen LogP contribution in [0.5, 0.6) is 0 Å². The van der Waals surface area contributed by atoms with Gasteiger partial charge >= 0.3 is 5.97 Å².